The minimum Gasteiger partial charge on any atom is -0.493 e. The summed E-state index contributed by atoms with van der Waals surface area (Å²) in [5.74, 6) is 1.22. The molecule has 0 amide bonds. The molecule has 1 aliphatic rings. The predicted molar refractivity (Wildman–Crippen MR) is 105 cm³/mol. The van der Waals surface area contributed by atoms with Gasteiger partial charge in [-0.3, -0.25) is 4.57 Å². The molecule has 0 bridgehead atoms. The highest BCUT2D eigenvalue weighted by molar-refractivity contribution is 7.90. The number of hydrogen-bond acceptors (Lipinski definition) is 8. The van der Waals surface area contributed by atoms with Crippen molar-refractivity contribution >= 4 is 19.7 Å². The van der Waals surface area contributed by atoms with Gasteiger partial charge in [-0.2, -0.15) is 0 Å². The van der Waals surface area contributed by atoms with Gasteiger partial charge in [-0.25, -0.2) is 31.8 Å². The van der Waals surface area contributed by atoms with E-state index < -0.39 is 19.7 Å². The van der Waals surface area contributed by atoms with Crippen molar-refractivity contribution in [1.29, 1.82) is 0 Å². The Kier molecular flexibility index (Phi) is 4.66. The van der Waals surface area contributed by atoms with E-state index in [1.807, 2.05) is 18.2 Å². The van der Waals surface area contributed by atoms with Crippen molar-refractivity contribution in [2.24, 2.45) is 0 Å². The predicted octanol–water partition coefficient (Wildman–Crippen LogP) is 1.21. The van der Waals surface area contributed by atoms with Crippen LogP contribution in [0.3, 0.4) is 0 Å². The number of nitrogens with zero attached hydrogens (tertiary/aromatic N) is 4. The molecular weight excluding hydrogens is 416 g/mol. The summed E-state index contributed by atoms with van der Waals surface area (Å²) in [6.07, 6.45) is 5.69. The first-order valence-corrected chi connectivity index (χ1v) is 12.6. The van der Waals surface area contributed by atoms with E-state index in [1.165, 1.54) is 18.5 Å². The van der Waals surface area contributed by atoms with Gasteiger partial charge in [0.2, 0.25) is 15.0 Å². The third kappa shape index (κ3) is 4.01. The lowest BCUT2D eigenvalue weighted by molar-refractivity contribution is 0.357. The van der Waals surface area contributed by atoms with Gasteiger partial charge in [0.05, 0.1) is 24.3 Å². The van der Waals surface area contributed by atoms with Crippen LogP contribution in [-0.4, -0.2) is 55.5 Å². The zero-order valence-corrected chi connectivity index (χ0v) is 17.4. The molecule has 11 heteroatoms. The standard InChI is InChI=1S/C18H18N4O5S2/c1-28(23,24)11-14-10-20-17(13-3-4-15-12(9-13)6-8-27-15)22(14)16-5-7-19-18(21-16)29(2,25)26/h3-5,7,9-10H,6,8,11H2,1-2H3. The summed E-state index contributed by atoms with van der Waals surface area (Å²) in [7, 11) is -7.01. The lowest BCUT2D eigenvalue weighted by Gasteiger charge is -2.12. The van der Waals surface area contributed by atoms with E-state index >= 15 is 0 Å². The summed E-state index contributed by atoms with van der Waals surface area (Å²) < 4.78 is 54.7. The topological polar surface area (TPSA) is 121 Å². The Hall–Kier alpha value is -2.79. The Morgan fingerprint density at radius 2 is 1.90 bits per heavy atom. The van der Waals surface area contributed by atoms with Crippen molar-refractivity contribution in [3.63, 3.8) is 0 Å². The van der Waals surface area contributed by atoms with Crippen molar-refractivity contribution in [3.8, 4) is 23.0 Å². The van der Waals surface area contributed by atoms with Crippen LogP contribution in [0.2, 0.25) is 0 Å². The normalized spacial score (nSPS) is 13.9. The molecule has 0 saturated heterocycles. The van der Waals surface area contributed by atoms with Gasteiger partial charge in [0, 0.05) is 30.7 Å². The Bertz CT molecular complexity index is 1310. The fraction of sp³-hybridized carbons (Fsp3) is 0.278. The molecule has 0 aliphatic carbocycles. The molecule has 3 aromatic rings. The third-order valence-corrected chi connectivity index (χ3v) is 6.05. The van der Waals surface area contributed by atoms with E-state index in [1.54, 1.807) is 4.57 Å². The quantitative estimate of drug-likeness (QED) is 0.550. The first-order chi connectivity index (χ1) is 13.6. The van der Waals surface area contributed by atoms with Gasteiger partial charge in [-0.15, -0.1) is 0 Å². The lowest BCUT2D eigenvalue weighted by atomic mass is 10.1. The average Bonchev–Trinajstić information content (AvgIpc) is 3.25. The van der Waals surface area contributed by atoms with E-state index in [0.29, 0.717) is 18.1 Å². The first-order valence-electron chi connectivity index (χ1n) is 8.66. The van der Waals surface area contributed by atoms with Crippen LogP contribution >= 0.6 is 0 Å². The molecule has 1 aromatic carbocycles. The highest BCUT2D eigenvalue weighted by Gasteiger charge is 2.21. The monoisotopic (exact) mass is 434 g/mol. The first kappa shape index (κ1) is 19.5. The van der Waals surface area contributed by atoms with Crippen LogP contribution in [-0.2, 0) is 31.8 Å². The Morgan fingerprint density at radius 1 is 1.10 bits per heavy atom. The molecule has 0 radical (unpaired) electrons. The molecule has 29 heavy (non-hydrogen) atoms. The summed E-state index contributed by atoms with van der Waals surface area (Å²) in [6.45, 7) is 0.607. The Labute approximate surface area is 168 Å². The minimum atomic E-state index is -3.64. The second-order valence-electron chi connectivity index (χ2n) is 6.87. The van der Waals surface area contributed by atoms with Crippen LogP contribution in [0.4, 0.5) is 0 Å². The average molecular weight is 434 g/mol. The maximum atomic E-state index is 11.9. The van der Waals surface area contributed by atoms with Gasteiger partial charge in [-0.05, 0) is 29.8 Å². The van der Waals surface area contributed by atoms with Crippen molar-refractivity contribution in [3.05, 3.63) is 47.9 Å². The highest BCUT2D eigenvalue weighted by atomic mass is 32.2. The Balaban J connectivity index is 1.92. The molecule has 0 fully saturated rings. The number of fused-ring (bicyclic) bond motifs is 1. The zero-order valence-electron chi connectivity index (χ0n) is 15.7. The number of aromatic nitrogens is 4. The second kappa shape index (κ2) is 6.92. The van der Waals surface area contributed by atoms with Gasteiger partial charge in [-0.1, -0.05) is 0 Å². The summed E-state index contributed by atoms with van der Waals surface area (Å²) in [5, 5.41) is -0.345. The number of imidazole rings is 1. The molecule has 152 valence electrons. The van der Waals surface area contributed by atoms with Crippen LogP contribution in [0.5, 0.6) is 5.75 Å². The van der Waals surface area contributed by atoms with Gasteiger partial charge >= 0.3 is 0 Å². The smallest absolute Gasteiger partial charge is 0.248 e. The molecule has 1 aliphatic heterocycles. The van der Waals surface area contributed by atoms with Crippen molar-refractivity contribution in [1.82, 2.24) is 19.5 Å². The third-order valence-electron chi connectivity index (χ3n) is 4.37. The molecule has 0 unspecified atom stereocenters. The molecule has 0 atom stereocenters. The largest absolute Gasteiger partial charge is 0.493 e. The summed E-state index contributed by atoms with van der Waals surface area (Å²) >= 11 is 0. The number of rotatable bonds is 5. The van der Waals surface area contributed by atoms with Gasteiger partial charge < -0.3 is 4.74 Å². The van der Waals surface area contributed by atoms with Crippen LogP contribution in [0.1, 0.15) is 11.3 Å². The Morgan fingerprint density at radius 3 is 2.62 bits per heavy atom. The van der Waals surface area contributed by atoms with E-state index in [-0.39, 0.29) is 16.7 Å². The molecule has 2 aromatic heterocycles. The van der Waals surface area contributed by atoms with Crippen molar-refractivity contribution < 1.29 is 21.6 Å². The van der Waals surface area contributed by atoms with E-state index in [2.05, 4.69) is 15.0 Å². The number of sulfone groups is 2. The maximum Gasteiger partial charge on any atom is 0.248 e. The molecule has 0 spiro atoms. The molecular formula is C18H18N4O5S2. The summed E-state index contributed by atoms with van der Waals surface area (Å²) in [5.41, 5.74) is 2.15. The second-order valence-corrected chi connectivity index (χ2v) is 10.9. The molecule has 9 nitrogen and oxygen atoms in total. The van der Waals surface area contributed by atoms with Crippen LogP contribution in [0, 0.1) is 0 Å². The number of benzene rings is 1. The SMILES string of the molecule is CS(=O)(=O)Cc1cnc(-c2ccc3c(c2)CCO3)n1-c1ccnc(S(C)(=O)=O)n1. The lowest BCUT2D eigenvalue weighted by Crippen LogP contribution is -2.12. The van der Waals surface area contributed by atoms with Gasteiger partial charge in [0.25, 0.3) is 0 Å². The maximum absolute atomic E-state index is 11.9. The highest BCUT2D eigenvalue weighted by Crippen LogP contribution is 2.31. The minimum absolute atomic E-state index is 0.225. The van der Waals surface area contributed by atoms with E-state index in [9.17, 15) is 16.8 Å². The summed E-state index contributed by atoms with van der Waals surface area (Å²) in [6, 6.07) is 7.12. The molecule has 0 saturated carbocycles. The number of ether oxygens (including phenoxy) is 1. The molecule has 3 heterocycles. The fourth-order valence-corrected chi connectivity index (χ4v) is 4.43. The zero-order chi connectivity index (χ0) is 20.8. The van der Waals surface area contributed by atoms with Crippen LogP contribution in [0.15, 0.2) is 41.8 Å². The molecule has 0 N–H and O–H groups in total. The van der Waals surface area contributed by atoms with E-state index in [4.69, 9.17) is 4.74 Å². The molecule has 4 rings (SSSR count). The van der Waals surface area contributed by atoms with Crippen molar-refractivity contribution in [2.75, 3.05) is 19.1 Å². The van der Waals surface area contributed by atoms with Crippen LogP contribution in [0.25, 0.3) is 17.2 Å². The van der Waals surface area contributed by atoms with Crippen molar-refractivity contribution in [2.45, 2.75) is 17.3 Å². The van der Waals surface area contributed by atoms with Gasteiger partial charge in [0.15, 0.2) is 9.84 Å². The number of hydrogen-bond donors (Lipinski definition) is 0. The summed E-state index contributed by atoms with van der Waals surface area (Å²) in [4.78, 5) is 12.4. The fourth-order valence-electron chi connectivity index (χ4n) is 3.18. The van der Waals surface area contributed by atoms with E-state index in [0.717, 1.165) is 35.8 Å². The van der Waals surface area contributed by atoms with Gasteiger partial charge in [0.1, 0.15) is 17.4 Å². The van der Waals surface area contributed by atoms with Crippen LogP contribution < -0.4 is 4.74 Å².